The molecule has 4 N–H and O–H groups in total. The Kier molecular flexibility index (Phi) is 4.85. The summed E-state index contributed by atoms with van der Waals surface area (Å²) in [5, 5.41) is 25.6. The highest BCUT2D eigenvalue weighted by molar-refractivity contribution is 5.94. The van der Waals surface area contributed by atoms with Gasteiger partial charge in [0.1, 0.15) is 11.7 Å². The van der Waals surface area contributed by atoms with Crippen LogP contribution in [0.1, 0.15) is 29.8 Å². The van der Waals surface area contributed by atoms with E-state index in [1.54, 1.807) is 0 Å². The quantitative estimate of drug-likeness (QED) is 0.535. The van der Waals surface area contributed by atoms with Gasteiger partial charge in [-0.2, -0.15) is 5.10 Å². The predicted molar refractivity (Wildman–Crippen MR) is 59.0 cm³/mol. The number of carboxylic acids is 2. The Labute approximate surface area is 102 Å². The average molecular weight is 255 g/mol. The molecule has 0 spiro atoms. The summed E-state index contributed by atoms with van der Waals surface area (Å²) < 4.78 is 0. The monoisotopic (exact) mass is 255 g/mol. The van der Waals surface area contributed by atoms with Crippen molar-refractivity contribution in [3.05, 3.63) is 18.0 Å². The number of hydrogen-bond donors (Lipinski definition) is 4. The lowest BCUT2D eigenvalue weighted by Crippen LogP contribution is -2.41. The van der Waals surface area contributed by atoms with Crippen LogP contribution in [-0.4, -0.2) is 44.3 Å². The van der Waals surface area contributed by atoms with Gasteiger partial charge in [0.15, 0.2) is 0 Å². The molecule has 0 saturated heterocycles. The second-order valence-electron chi connectivity index (χ2n) is 3.62. The van der Waals surface area contributed by atoms with E-state index in [-0.39, 0.29) is 25.0 Å². The van der Waals surface area contributed by atoms with Crippen molar-refractivity contribution in [1.29, 1.82) is 0 Å². The summed E-state index contributed by atoms with van der Waals surface area (Å²) in [4.78, 5) is 32.8. The summed E-state index contributed by atoms with van der Waals surface area (Å²) in [6.45, 7) is 0. The summed E-state index contributed by atoms with van der Waals surface area (Å²) in [7, 11) is 0. The van der Waals surface area contributed by atoms with Crippen LogP contribution in [0.2, 0.25) is 0 Å². The van der Waals surface area contributed by atoms with E-state index >= 15 is 0 Å². The zero-order valence-electron chi connectivity index (χ0n) is 9.42. The van der Waals surface area contributed by atoms with Crippen LogP contribution in [0.25, 0.3) is 0 Å². The van der Waals surface area contributed by atoms with Crippen LogP contribution in [-0.2, 0) is 9.59 Å². The molecule has 0 bridgehead atoms. The number of aromatic nitrogens is 2. The molecule has 1 atom stereocenters. The predicted octanol–water partition coefficient (Wildman–Crippen LogP) is -0.152. The molecule has 0 fully saturated rings. The number of amides is 1. The van der Waals surface area contributed by atoms with E-state index < -0.39 is 23.9 Å². The van der Waals surface area contributed by atoms with Crippen LogP contribution in [0.4, 0.5) is 0 Å². The largest absolute Gasteiger partial charge is 0.481 e. The number of carbonyl (C=O) groups is 3. The summed E-state index contributed by atoms with van der Waals surface area (Å²) in [5.74, 6) is -2.79. The topological polar surface area (TPSA) is 132 Å². The Morgan fingerprint density at radius 3 is 2.61 bits per heavy atom. The molecule has 0 unspecified atom stereocenters. The van der Waals surface area contributed by atoms with Crippen LogP contribution in [0, 0.1) is 0 Å². The third-order valence-electron chi connectivity index (χ3n) is 2.23. The van der Waals surface area contributed by atoms with Crippen molar-refractivity contribution in [2.45, 2.75) is 25.3 Å². The molecular weight excluding hydrogens is 242 g/mol. The number of rotatable bonds is 7. The van der Waals surface area contributed by atoms with Crippen LogP contribution >= 0.6 is 0 Å². The maximum absolute atomic E-state index is 11.6. The van der Waals surface area contributed by atoms with Crippen LogP contribution < -0.4 is 5.32 Å². The van der Waals surface area contributed by atoms with E-state index in [0.717, 1.165) is 0 Å². The van der Waals surface area contributed by atoms with Crippen molar-refractivity contribution >= 4 is 17.8 Å². The molecule has 0 aromatic carbocycles. The number of nitrogens with zero attached hydrogens (tertiary/aromatic N) is 1. The molecule has 1 heterocycles. The van der Waals surface area contributed by atoms with Crippen molar-refractivity contribution in [2.24, 2.45) is 0 Å². The minimum absolute atomic E-state index is 0.0571. The van der Waals surface area contributed by atoms with E-state index in [4.69, 9.17) is 10.2 Å². The molecule has 18 heavy (non-hydrogen) atoms. The summed E-state index contributed by atoms with van der Waals surface area (Å²) in [6, 6.07) is 0.297. The molecule has 1 aromatic rings. The standard InChI is InChI=1S/C10H13N3O5/c14-8(15)3-1-2-7(10(17)18)12-9(16)6-4-5-11-13-6/h4-5,7H,1-3H2,(H,11,13)(H,12,16)(H,14,15)(H,17,18)/t7-/m1/s1. The lowest BCUT2D eigenvalue weighted by Gasteiger charge is -2.13. The summed E-state index contributed by atoms with van der Waals surface area (Å²) in [6.07, 6.45) is 1.47. The van der Waals surface area contributed by atoms with Gasteiger partial charge in [0.2, 0.25) is 0 Å². The van der Waals surface area contributed by atoms with E-state index in [2.05, 4.69) is 15.5 Å². The molecule has 0 aliphatic carbocycles. The minimum Gasteiger partial charge on any atom is -0.481 e. The van der Waals surface area contributed by atoms with Crippen LogP contribution in [0.15, 0.2) is 12.3 Å². The van der Waals surface area contributed by atoms with Crippen molar-refractivity contribution in [3.8, 4) is 0 Å². The molecule has 0 saturated carbocycles. The first-order valence-corrected chi connectivity index (χ1v) is 5.25. The molecule has 0 radical (unpaired) electrons. The van der Waals surface area contributed by atoms with Gasteiger partial charge in [0, 0.05) is 12.6 Å². The smallest absolute Gasteiger partial charge is 0.326 e. The molecule has 1 rings (SSSR count). The van der Waals surface area contributed by atoms with Gasteiger partial charge in [0.25, 0.3) is 5.91 Å². The zero-order chi connectivity index (χ0) is 13.5. The highest BCUT2D eigenvalue weighted by atomic mass is 16.4. The van der Waals surface area contributed by atoms with Gasteiger partial charge in [0.05, 0.1) is 0 Å². The number of carboxylic acid groups (broad SMARTS) is 2. The maximum Gasteiger partial charge on any atom is 0.326 e. The molecule has 8 heteroatoms. The first-order chi connectivity index (χ1) is 8.50. The Bertz CT molecular complexity index is 429. The molecule has 0 aliphatic rings. The molecule has 8 nitrogen and oxygen atoms in total. The number of H-pyrrole nitrogens is 1. The Balaban J connectivity index is 2.50. The molecule has 1 aromatic heterocycles. The van der Waals surface area contributed by atoms with Crippen molar-refractivity contribution in [2.75, 3.05) is 0 Å². The molecule has 98 valence electrons. The van der Waals surface area contributed by atoms with Crippen molar-refractivity contribution < 1.29 is 24.6 Å². The first kappa shape index (κ1) is 13.7. The second-order valence-corrected chi connectivity index (χ2v) is 3.62. The Morgan fingerprint density at radius 2 is 2.11 bits per heavy atom. The fourth-order valence-corrected chi connectivity index (χ4v) is 1.33. The van der Waals surface area contributed by atoms with E-state index in [1.807, 2.05) is 0 Å². The first-order valence-electron chi connectivity index (χ1n) is 5.25. The van der Waals surface area contributed by atoms with Gasteiger partial charge in [-0.3, -0.25) is 14.7 Å². The summed E-state index contributed by atoms with van der Waals surface area (Å²) in [5.41, 5.74) is 0.152. The third kappa shape index (κ3) is 4.24. The Hall–Kier alpha value is -2.38. The van der Waals surface area contributed by atoms with E-state index in [9.17, 15) is 14.4 Å². The van der Waals surface area contributed by atoms with Gasteiger partial charge < -0.3 is 15.5 Å². The van der Waals surface area contributed by atoms with Gasteiger partial charge in [-0.15, -0.1) is 0 Å². The van der Waals surface area contributed by atoms with Crippen LogP contribution in [0.3, 0.4) is 0 Å². The third-order valence-corrected chi connectivity index (χ3v) is 2.23. The van der Waals surface area contributed by atoms with Gasteiger partial charge in [-0.25, -0.2) is 4.79 Å². The molecular formula is C10H13N3O5. The number of hydrogen-bond acceptors (Lipinski definition) is 4. The SMILES string of the molecule is O=C(O)CCC[C@@H](NC(=O)c1ccn[nH]1)C(=O)O. The normalized spacial score (nSPS) is 11.8. The van der Waals surface area contributed by atoms with Crippen molar-refractivity contribution in [3.63, 3.8) is 0 Å². The number of nitrogens with one attached hydrogen (secondary N) is 2. The molecule has 0 aliphatic heterocycles. The zero-order valence-corrected chi connectivity index (χ0v) is 9.42. The van der Waals surface area contributed by atoms with E-state index in [1.165, 1.54) is 12.3 Å². The van der Waals surface area contributed by atoms with Crippen LogP contribution in [0.5, 0.6) is 0 Å². The van der Waals surface area contributed by atoms with Gasteiger partial charge in [-0.1, -0.05) is 0 Å². The fourth-order valence-electron chi connectivity index (χ4n) is 1.33. The van der Waals surface area contributed by atoms with Gasteiger partial charge >= 0.3 is 11.9 Å². The summed E-state index contributed by atoms with van der Waals surface area (Å²) >= 11 is 0. The molecule has 1 amide bonds. The number of aromatic amines is 1. The second kappa shape index (κ2) is 6.38. The number of aliphatic carboxylic acids is 2. The average Bonchev–Trinajstić information content (AvgIpc) is 2.80. The minimum atomic E-state index is -1.20. The van der Waals surface area contributed by atoms with Gasteiger partial charge in [-0.05, 0) is 18.9 Å². The Morgan fingerprint density at radius 1 is 1.39 bits per heavy atom. The lowest BCUT2D eigenvalue weighted by atomic mass is 10.1. The maximum atomic E-state index is 11.6. The highest BCUT2D eigenvalue weighted by Crippen LogP contribution is 2.03. The highest BCUT2D eigenvalue weighted by Gasteiger charge is 2.21. The van der Waals surface area contributed by atoms with E-state index in [0.29, 0.717) is 0 Å². The van der Waals surface area contributed by atoms with Crippen molar-refractivity contribution in [1.82, 2.24) is 15.5 Å². The fraction of sp³-hybridized carbons (Fsp3) is 0.400. The number of carbonyl (C=O) groups excluding carboxylic acids is 1. The lowest BCUT2D eigenvalue weighted by molar-refractivity contribution is -0.140.